The summed E-state index contributed by atoms with van der Waals surface area (Å²) < 4.78 is 0. The maximum Gasteiger partial charge on any atom is 0.329 e. The number of carbonyl (C=O) groups is 2. The van der Waals surface area contributed by atoms with Crippen LogP contribution in [0.2, 0.25) is 0 Å². The number of carboxylic acid groups (broad SMARTS) is 1. The molecule has 1 unspecified atom stereocenters. The molecule has 0 aromatic carbocycles. The van der Waals surface area contributed by atoms with E-state index >= 15 is 0 Å². The van der Waals surface area contributed by atoms with E-state index in [4.69, 9.17) is 6.42 Å². The number of terminal acetylenes is 1. The van der Waals surface area contributed by atoms with Crippen molar-refractivity contribution in [2.45, 2.75) is 70.4 Å². The quantitative estimate of drug-likeness (QED) is 0.659. The van der Waals surface area contributed by atoms with Crippen molar-refractivity contribution in [1.82, 2.24) is 10.6 Å². The largest absolute Gasteiger partial charge is 0.480 e. The van der Waals surface area contributed by atoms with E-state index in [0.29, 0.717) is 25.2 Å². The first-order valence-electron chi connectivity index (χ1n) is 7.75. The van der Waals surface area contributed by atoms with Crippen LogP contribution in [-0.2, 0) is 4.79 Å². The molecule has 2 amide bonds. The lowest BCUT2D eigenvalue weighted by atomic mass is 9.75. The maximum absolute atomic E-state index is 12.0. The molecule has 0 bridgehead atoms. The molecule has 1 saturated carbocycles. The lowest BCUT2D eigenvalue weighted by molar-refractivity contribution is -0.146. The molecule has 0 radical (unpaired) electrons. The molecule has 3 N–H and O–H groups in total. The zero-order valence-corrected chi connectivity index (χ0v) is 12.9. The molecule has 0 heterocycles. The van der Waals surface area contributed by atoms with Crippen LogP contribution in [0.4, 0.5) is 4.79 Å². The Balaban J connectivity index is 2.65. The van der Waals surface area contributed by atoms with Gasteiger partial charge in [0.05, 0.1) is 6.04 Å². The van der Waals surface area contributed by atoms with Crippen LogP contribution in [0.15, 0.2) is 0 Å². The number of urea groups is 1. The Bertz CT molecular complexity index is 406. The molecule has 0 aromatic rings. The van der Waals surface area contributed by atoms with Gasteiger partial charge in [-0.3, -0.25) is 0 Å². The van der Waals surface area contributed by atoms with Crippen LogP contribution in [0.1, 0.15) is 58.8 Å². The third kappa shape index (κ3) is 4.66. The SMILES string of the molecule is C#CC(CCC)NC(=O)NC1(C(=O)O)CCC(CC)CC1. The van der Waals surface area contributed by atoms with E-state index in [2.05, 4.69) is 23.5 Å². The standard InChI is InChI=1S/C16H26N2O3/c1-4-7-13(6-3)17-15(21)18-16(14(19)20)10-8-12(5-2)9-11-16/h3,12-13H,4-5,7-11H2,1-2H3,(H,19,20)(H2,17,18,21). The number of carboxylic acids is 1. The Hall–Kier alpha value is -1.70. The molecule has 1 aliphatic rings. The zero-order chi connectivity index (χ0) is 15.9. The van der Waals surface area contributed by atoms with Crippen molar-refractivity contribution in [1.29, 1.82) is 0 Å². The molecule has 1 fully saturated rings. The molecule has 1 atom stereocenters. The summed E-state index contributed by atoms with van der Waals surface area (Å²) in [6.07, 6.45) is 10.6. The highest BCUT2D eigenvalue weighted by Crippen LogP contribution is 2.34. The van der Waals surface area contributed by atoms with Gasteiger partial charge < -0.3 is 15.7 Å². The summed E-state index contributed by atoms with van der Waals surface area (Å²) in [5.41, 5.74) is -1.15. The number of hydrogen-bond donors (Lipinski definition) is 3. The molecule has 0 spiro atoms. The monoisotopic (exact) mass is 294 g/mol. The van der Waals surface area contributed by atoms with E-state index in [9.17, 15) is 14.7 Å². The Labute approximate surface area is 126 Å². The van der Waals surface area contributed by atoms with Crippen LogP contribution >= 0.6 is 0 Å². The number of nitrogens with one attached hydrogen (secondary N) is 2. The molecule has 0 aliphatic heterocycles. The van der Waals surface area contributed by atoms with Gasteiger partial charge in [-0.25, -0.2) is 9.59 Å². The average molecular weight is 294 g/mol. The minimum absolute atomic E-state index is 0.354. The summed E-state index contributed by atoms with van der Waals surface area (Å²) in [5.74, 6) is 2.11. The van der Waals surface area contributed by atoms with Gasteiger partial charge in [0.2, 0.25) is 0 Å². The lowest BCUT2D eigenvalue weighted by Gasteiger charge is -2.37. The van der Waals surface area contributed by atoms with E-state index in [-0.39, 0.29) is 6.04 Å². The van der Waals surface area contributed by atoms with E-state index in [1.165, 1.54) is 0 Å². The second-order valence-corrected chi connectivity index (χ2v) is 5.85. The van der Waals surface area contributed by atoms with E-state index in [0.717, 1.165) is 25.7 Å². The van der Waals surface area contributed by atoms with Crippen molar-refractivity contribution in [2.75, 3.05) is 0 Å². The molecule has 118 valence electrons. The fourth-order valence-corrected chi connectivity index (χ4v) is 2.87. The molecule has 5 heteroatoms. The highest BCUT2D eigenvalue weighted by Gasteiger charge is 2.43. The third-order valence-electron chi connectivity index (χ3n) is 4.38. The van der Waals surface area contributed by atoms with Gasteiger partial charge in [0.1, 0.15) is 5.54 Å². The van der Waals surface area contributed by atoms with E-state index in [1.807, 2.05) is 6.92 Å². The summed E-state index contributed by atoms with van der Waals surface area (Å²) in [7, 11) is 0. The molecular weight excluding hydrogens is 268 g/mol. The van der Waals surface area contributed by atoms with Crippen molar-refractivity contribution < 1.29 is 14.7 Å². The van der Waals surface area contributed by atoms with Gasteiger partial charge in [-0.1, -0.05) is 32.6 Å². The van der Waals surface area contributed by atoms with Gasteiger partial charge in [-0.15, -0.1) is 6.42 Å². The number of aliphatic carboxylic acids is 1. The normalized spacial score (nSPS) is 26.4. The first kappa shape index (κ1) is 17.4. The van der Waals surface area contributed by atoms with Crippen molar-refractivity contribution in [2.24, 2.45) is 5.92 Å². The topological polar surface area (TPSA) is 78.4 Å². The Morgan fingerprint density at radius 2 is 2.00 bits per heavy atom. The zero-order valence-electron chi connectivity index (χ0n) is 12.9. The molecular formula is C16H26N2O3. The Morgan fingerprint density at radius 1 is 1.38 bits per heavy atom. The van der Waals surface area contributed by atoms with Gasteiger partial charge in [-0.05, 0) is 38.0 Å². The molecule has 0 aromatic heterocycles. The Kier molecular flexibility index (Phi) is 6.54. The molecule has 1 aliphatic carbocycles. The highest BCUT2D eigenvalue weighted by molar-refractivity contribution is 5.86. The van der Waals surface area contributed by atoms with E-state index in [1.54, 1.807) is 0 Å². The van der Waals surface area contributed by atoms with Crippen LogP contribution in [0.5, 0.6) is 0 Å². The van der Waals surface area contributed by atoms with E-state index < -0.39 is 17.5 Å². The predicted octanol–water partition coefficient (Wildman–Crippen LogP) is 2.51. The van der Waals surface area contributed by atoms with Crippen molar-refractivity contribution in [3.63, 3.8) is 0 Å². The molecule has 1 rings (SSSR count). The molecule has 5 nitrogen and oxygen atoms in total. The van der Waals surface area contributed by atoms with Crippen LogP contribution in [0.3, 0.4) is 0 Å². The van der Waals surface area contributed by atoms with Crippen molar-refractivity contribution in [3.05, 3.63) is 0 Å². The van der Waals surface area contributed by atoms with Crippen LogP contribution in [-0.4, -0.2) is 28.7 Å². The number of hydrogen-bond acceptors (Lipinski definition) is 2. The molecule has 0 saturated heterocycles. The van der Waals surface area contributed by atoms with Crippen molar-refractivity contribution in [3.8, 4) is 12.3 Å². The van der Waals surface area contributed by atoms with Gasteiger partial charge in [0.15, 0.2) is 0 Å². The second-order valence-electron chi connectivity index (χ2n) is 5.85. The summed E-state index contributed by atoms with van der Waals surface area (Å²) in [6, 6.07) is -0.837. The first-order chi connectivity index (χ1) is 9.97. The minimum Gasteiger partial charge on any atom is -0.480 e. The second kappa shape index (κ2) is 7.92. The fraction of sp³-hybridized carbons (Fsp3) is 0.750. The predicted molar refractivity (Wildman–Crippen MR) is 81.8 cm³/mol. The summed E-state index contributed by atoms with van der Waals surface area (Å²) in [4.78, 5) is 23.6. The van der Waals surface area contributed by atoms with Gasteiger partial charge in [0, 0.05) is 0 Å². The van der Waals surface area contributed by atoms with Gasteiger partial charge in [-0.2, -0.15) is 0 Å². The van der Waals surface area contributed by atoms with Gasteiger partial charge in [0.25, 0.3) is 0 Å². The van der Waals surface area contributed by atoms with Crippen LogP contribution in [0.25, 0.3) is 0 Å². The third-order valence-corrected chi connectivity index (χ3v) is 4.38. The number of amides is 2. The number of carbonyl (C=O) groups excluding carboxylic acids is 1. The highest BCUT2D eigenvalue weighted by atomic mass is 16.4. The van der Waals surface area contributed by atoms with Crippen LogP contribution < -0.4 is 10.6 Å². The molecule has 21 heavy (non-hydrogen) atoms. The maximum atomic E-state index is 12.0. The number of rotatable bonds is 6. The van der Waals surface area contributed by atoms with Crippen molar-refractivity contribution >= 4 is 12.0 Å². The first-order valence-corrected chi connectivity index (χ1v) is 7.75. The fourth-order valence-electron chi connectivity index (χ4n) is 2.87. The average Bonchev–Trinajstić information content (AvgIpc) is 2.47. The summed E-state index contributed by atoms with van der Waals surface area (Å²) >= 11 is 0. The Morgan fingerprint density at radius 3 is 2.43 bits per heavy atom. The minimum atomic E-state index is -1.15. The smallest absolute Gasteiger partial charge is 0.329 e. The summed E-state index contributed by atoms with van der Waals surface area (Å²) in [6.45, 7) is 4.09. The lowest BCUT2D eigenvalue weighted by Crippen LogP contribution is -2.59. The van der Waals surface area contributed by atoms with Gasteiger partial charge >= 0.3 is 12.0 Å². The van der Waals surface area contributed by atoms with Crippen LogP contribution in [0, 0.1) is 18.3 Å². The summed E-state index contributed by atoms with van der Waals surface area (Å²) in [5, 5.41) is 14.8.